The molecule has 0 spiro atoms. The van der Waals surface area contributed by atoms with Crippen molar-refractivity contribution in [2.24, 2.45) is 11.8 Å². The van der Waals surface area contributed by atoms with Crippen molar-refractivity contribution in [3.8, 4) is 0 Å². The predicted molar refractivity (Wildman–Crippen MR) is 73.6 cm³/mol. The Morgan fingerprint density at radius 1 is 1.29 bits per heavy atom. The molecule has 1 saturated carbocycles. The van der Waals surface area contributed by atoms with Crippen molar-refractivity contribution in [2.45, 2.75) is 58.0 Å². The number of esters is 1. The fourth-order valence-corrected chi connectivity index (χ4v) is 2.82. The van der Waals surface area contributed by atoms with Crippen molar-refractivity contribution >= 4 is 24.0 Å². The standard InChI is InChI=1S/C15H22O6/c1-10(17)21-14-8-13(18)11(12(14)9-16)6-4-2-3-5-7-15(19)20/h9,11-12,14H,2-8H2,1H3,(H,19,20)/t11-,12-,14-/m0/s1. The van der Waals surface area contributed by atoms with Crippen molar-refractivity contribution in [3.63, 3.8) is 0 Å². The van der Waals surface area contributed by atoms with Gasteiger partial charge in [0.15, 0.2) is 0 Å². The van der Waals surface area contributed by atoms with Crippen molar-refractivity contribution in [3.05, 3.63) is 0 Å². The van der Waals surface area contributed by atoms with Crippen LogP contribution < -0.4 is 0 Å². The van der Waals surface area contributed by atoms with Crippen LogP contribution in [0.15, 0.2) is 0 Å². The number of carbonyl (C=O) groups is 4. The van der Waals surface area contributed by atoms with E-state index in [1.54, 1.807) is 0 Å². The summed E-state index contributed by atoms with van der Waals surface area (Å²) in [7, 11) is 0. The second kappa shape index (κ2) is 8.54. The van der Waals surface area contributed by atoms with Crippen LogP contribution in [0, 0.1) is 11.8 Å². The number of ether oxygens (including phenoxy) is 1. The van der Waals surface area contributed by atoms with Crippen molar-refractivity contribution in [2.75, 3.05) is 0 Å². The van der Waals surface area contributed by atoms with Crippen molar-refractivity contribution < 1.29 is 29.0 Å². The smallest absolute Gasteiger partial charge is 0.303 e. The molecule has 0 aromatic heterocycles. The van der Waals surface area contributed by atoms with E-state index in [-0.39, 0.29) is 24.5 Å². The molecule has 1 aliphatic carbocycles. The Labute approximate surface area is 123 Å². The number of carbonyl (C=O) groups excluding carboxylic acids is 3. The van der Waals surface area contributed by atoms with Gasteiger partial charge in [0.25, 0.3) is 0 Å². The van der Waals surface area contributed by atoms with Gasteiger partial charge < -0.3 is 14.6 Å². The van der Waals surface area contributed by atoms with Crippen LogP contribution in [0.25, 0.3) is 0 Å². The maximum atomic E-state index is 11.9. The minimum absolute atomic E-state index is 0.0242. The Morgan fingerprint density at radius 3 is 2.52 bits per heavy atom. The van der Waals surface area contributed by atoms with Gasteiger partial charge in [-0.2, -0.15) is 0 Å². The first-order chi connectivity index (χ1) is 9.95. The molecular weight excluding hydrogens is 276 g/mol. The van der Waals surface area contributed by atoms with Crippen LogP contribution in [0.1, 0.15) is 51.9 Å². The largest absolute Gasteiger partial charge is 0.481 e. The quantitative estimate of drug-likeness (QED) is 0.395. The van der Waals surface area contributed by atoms with Gasteiger partial charge >= 0.3 is 11.9 Å². The first-order valence-electron chi connectivity index (χ1n) is 7.32. The Hall–Kier alpha value is -1.72. The molecule has 1 fully saturated rings. The number of aliphatic carboxylic acids is 1. The molecule has 0 radical (unpaired) electrons. The second-order valence-electron chi connectivity index (χ2n) is 5.48. The lowest BCUT2D eigenvalue weighted by atomic mass is 9.90. The van der Waals surface area contributed by atoms with Crippen molar-refractivity contribution in [1.82, 2.24) is 0 Å². The number of rotatable bonds is 9. The van der Waals surface area contributed by atoms with Crippen LogP contribution >= 0.6 is 0 Å². The zero-order valence-electron chi connectivity index (χ0n) is 12.2. The third kappa shape index (κ3) is 5.65. The highest BCUT2D eigenvalue weighted by Crippen LogP contribution is 2.33. The van der Waals surface area contributed by atoms with Crippen molar-refractivity contribution in [1.29, 1.82) is 0 Å². The lowest BCUT2D eigenvalue weighted by Gasteiger charge is -2.17. The molecule has 1 N–H and O–H groups in total. The summed E-state index contributed by atoms with van der Waals surface area (Å²) in [6.07, 6.45) is 3.99. The summed E-state index contributed by atoms with van der Waals surface area (Å²) in [5, 5.41) is 8.52. The number of hydrogen-bond donors (Lipinski definition) is 1. The highest BCUT2D eigenvalue weighted by molar-refractivity contribution is 5.88. The Kier molecular flexibility index (Phi) is 7.05. The average molecular weight is 298 g/mol. The lowest BCUT2D eigenvalue weighted by Crippen LogP contribution is -2.26. The van der Waals surface area contributed by atoms with Gasteiger partial charge in [0.2, 0.25) is 0 Å². The highest BCUT2D eigenvalue weighted by Gasteiger charge is 2.43. The van der Waals surface area contributed by atoms with Crippen LogP contribution in [0.4, 0.5) is 0 Å². The third-order valence-electron chi connectivity index (χ3n) is 3.84. The summed E-state index contributed by atoms with van der Waals surface area (Å²) < 4.78 is 5.03. The predicted octanol–water partition coefficient (Wildman–Crippen LogP) is 1.75. The minimum atomic E-state index is -0.800. The van der Waals surface area contributed by atoms with E-state index in [0.717, 1.165) is 19.3 Å². The van der Waals surface area contributed by atoms with Crippen LogP contribution in [0.5, 0.6) is 0 Å². The molecule has 0 saturated heterocycles. The van der Waals surface area contributed by atoms with E-state index in [9.17, 15) is 19.2 Å². The number of aldehydes is 1. The molecule has 0 aromatic rings. The molecule has 0 amide bonds. The van der Waals surface area contributed by atoms with E-state index in [1.807, 2.05) is 0 Å². The van der Waals surface area contributed by atoms with E-state index < -0.39 is 24.0 Å². The fraction of sp³-hybridized carbons (Fsp3) is 0.733. The number of carboxylic acids is 1. The van der Waals surface area contributed by atoms with Crippen LogP contribution in [-0.2, 0) is 23.9 Å². The van der Waals surface area contributed by atoms with E-state index in [0.29, 0.717) is 19.1 Å². The maximum absolute atomic E-state index is 11.9. The fourth-order valence-electron chi connectivity index (χ4n) is 2.82. The third-order valence-corrected chi connectivity index (χ3v) is 3.84. The number of carboxylic acid groups (broad SMARTS) is 1. The normalized spacial score (nSPS) is 24.8. The molecule has 1 rings (SSSR count). The van der Waals surface area contributed by atoms with Gasteiger partial charge in [-0.25, -0.2) is 0 Å². The molecule has 1 aliphatic rings. The second-order valence-corrected chi connectivity index (χ2v) is 5.48. The number of ketones is 1. The number of unbranched alkanes of at least 4 members (excludes halogenated alkanes) is 3. The molecule has 6 heteroatoms. The van der Waals surface area contributed by atoms with Gasteiger partial charge in [-0.05, 0) is 12.8 Å². The molecule has 0 unspecified atom stereocenters. The molecule has 6 nitrogen and oxygen atoms in total. The van der Waals surface area contributed by atoms with Gasteiger partial charge in [-0.15, -0.1) is 0 Å². The van der Waals surface area contributed by atoms with Crippen LogP contribution in [0.2, 0.25) is 0 Å². The summed E-state index contributed by atoms with van der Waals surface area (Å²) in [4.78, 5) is 44.4. The molecule has 0 heterocycles. The van der Waals surface area contributed by atoms with E-state index in [4.69, 9.17) is 9.84 Å². The molecule has 0 aliphatic heterocycles. The van der Waals surface area contributed by atoms with Crippen LogP contribution in [-0.4, -0.2) is 35.2 Å². The van der Waals surface area contributed by atoms with Gasteiger partial charge in [-0.1, -0.05) is 19.3 Å². The summed E-state index contributed by atoms with van der Waals surface area (Å²) in [5.74, 6) is -2.21. The molecule has 21 heavy (non-hydrogen) atoms. The van der Waals surface area contributed by atoms with E-state index >= 15 is 0 Å². The summed E-state index contributed by atoms with van der Waals surface area (Å²) >= 11 is 0. The molecule has 0 bridgehead atoms. The number of Topliss-reactive ketones (excluding diaryl/α,β-unsaturated/α-hetero) is 1. The zero-order valence-corrected chi connectivity index (χ0v) is 12.2. The molecule has 3 atom stereocenters. The van der Waals surface area contributed by atoms with E-state index in [2.05, 4.69) is 0 Å². The first kappa shape index (κ1) is 17.3. The Bertz CT molecular complexity index is 403. The Balaban J connectivity index is 2.35. The lowest BCUT2D eigenvalue weighted by molar-refractivity contribution is -0.149. The van der Waals surface area contributed by atoms with Crippen LogP contribution in [0.3, 0.4) is 0 Å². The SMILES string of the molecule is CC(=O)O[C@H]1CC(=O)[C@@H](CCCCCCC(=O)O)[C@@H]1C=O. The summed E-state index contributed by atoms with van der Waals surface area (Å²) in [5.41, 5.74) is 0. The summed E-state index contributed by atoms with van der Waals surface area (Å²) in [6.45, 7) is 1.27. The topological polar surface area (TPSA) is 97.7 Å². The zero-order chi connectivity index (χ0) is 15.8. The molecular formula is C15H22O6. The first-order valence-corrected chi connectivity index (χ1v) is 7.32. The highest BCUT2D eigenvalue weighted by atomic mass is 16.5. The summed E-state index contributed by atoms with van der Waals surface area (Å²) in [6, 6.07) is 0. The average Bonchev–Trinajstić information content (AvgIpc) is 2.68. The monoisotopic (exact) mass is 298 g/mol. The molecule has 0 aromatic carbocycles. The van der Waals surface area contributed by atoms with E-state index in [1.165, 1.54) is 6.92 Å². The van der Waals surface area contributed by atoms with Gasteiger partial charge in [0.05, 0.1) is 5.92 Å². The number of hydrogen-bond acceptors (Lipinski definition) is 5. The van der Waals surface area contributed by atoms with Gasteiger partial charge in [0.1, 0.15) is 18.2 Å². The van der Waals surface area contributed by atoms with Gasteiger partial charge in [0, 0.05) is 25.7 Å². The molecule has 118 valence electrons. The Morgan fingerprint density at radius 2 is 1.95 bits per heavy atom. The minimum Gasteiger partial charge on any atom is -0.481 e. The maximum Gasteiger partial charge on any atom is 0.303 e. The van der Waals surface area contributed by atoms with Gasteiger partial charge in [-0.3, -0.25) is 14.4 Å².